The number of pyridine rings is 1. The van der Waals surface area contributed by atoms with Crippen molar-refractivity contribution in [1.82, 2.24) is 15.0 Å². The van der Waals surface area contributed by atoms with Crippen LogP contribution in [0.1, 0.15) is 10.5 Å². The third-order valence-corrected chi connectivity index (χ3v) is 3.38. The summed E-state index contributed by atoms with van der Waals surface area (Å²) in [5.41, 5.74) is -0.604. The van der Waals surface area contributed by atoms with Gasteiger partial charge < -0.3 is 5.11 Å². The van der Waals surface area contributed by atoms with Crippen molar-refractivity contribution in [2.75, 3.05) is 4.72 Å². The molecule has 0 saturated carbocycles. The van der Waals surface area contributed by atoms with Crippen LogP contribution in [0.3, 0.4) is 0 Å². The van der Waals surface area contributed by atoms with Gasteiger partial charge in [0, 0.05) is 18.6 Å². The Kier molecular flexibility index (Phi) is 3.57. The fourth-order valence-corrected chi connectivity index (χ4v) is 2.34. The number of carboxylic acids is 1. The lowest BCUT2D eigenvalue weighted by Gasteiger charge is -2.08. The van der Waals surface area contributed by atoms with E-state index in [0.29, 0.717) is 0 Å². The molecule has 10 heteroatoms. The highest BCUT2D eigenvalue weighted by molar-refractivity contribution is 7.92. The van der Waals surface area contributed by atoms with Gasteiger partial charge in [0.05, 0.1) is 0 Å². The van der Waals surface area contributed by atoms with Crippen LogP contribution in [0.2, 0.25) is 0 Å². The van der Waals surface area contributed by atoms with E-state index in [1.165, 1.54) is 6.07 Å². The van der Waals surface area contributed by atoms with Gasteiger partial charge in [-0.05, 0) is 12.1 Å². The average molecular weight is 298 g/mol. The first-order valence-electron chi connectivity index (χ1n) is 5.09. The number of aromatic nitrogens is 3. The van der Waals surface area contributed by atoms with Crippen LogP contribution in [0.15, 0.2) is 35.7 Å². The van der Waals surface area contributed by atoms with Gasteiger partial charge in [-0.2, -0.15) is 8.42 Å². The molecule has 0 saturated heterocycles. The number of rotatable bonds is 4. The van der Waals surface area contributed by atoms with Gasteiger partial charge in [-0.1, -0.05) is 0 Å². The molecule has 2 rings (SSSR count). The van der Waals surface area contributed by atoms with Gasteiger partial charge in [-0.25, -0.2) is 24.1 Å². The summed E-state index contributed by atoms with van der Waals surface area (Å²) in [6, 6.07) is 2.13. The highest BCUT2D eigenvalue weighted by atomic mass is 32.2. The van der Waals surface area contributed by atoms with Gasteiger partial charge in [0.1, 0.15) is 0 Å². The monoisotopic (exact) mass is 298 g/mol. The third kappa shape index (κ3) is 2.69. The van der Waals surface area contributed by atoms with Gasteiger partial charge in [-0.3, -0.25) is 4.72 Å². The van der Waals surface area contributed by atoms with Gasteiger partial charge >= 0.3 is 5.97 Å². The molecule has 20 heavy (non-hydrogen) atoms. The first kappa shape index (κ1) is 13.8. The fraction of sp³-hybridized carbons (Fsp3) is 0. The first-order valence-corrected chi connectivity index (χ1v) is 6.58. The summed E-state index contributed by atoms with van der Waals surface area (Å²) in [6.07, 6.45) is 3.27. The predicted molar refractivity (Wildman–Crippen MR) is 64.0 cm³/mol. The predicted octanol–water partition coefficient (Wildman–Crippen LogP) is 0.510. The molecule has 0 aliphatic carbocycles. The molecule has 104 valence electrons. The van der Waals surface area contributed by atoms with E-state index in [1.54, 1.807) is 0 Å². The zero-order chi connectivity index (χ0) is 14.8. The van der Waals surface area contributed by atoms with Crippen molar-refractivity contribution in [3.8, 4) is 0 Å². The molecule has 0 atom stereocenters. The lowest BCUT2D eigenvalue weighted by Crippen LogP contribution is -2.19. The standard InChI is InChI=1S/C10H7FN4O4S/c11-6-2-1-3-14-9(6)20(18,19)15-8-7(10(16)17)12-4-5-13-8/h1-5H,(H,13,15)(H,16,17). The zero-order valence-electron chi connectivity index (χ0n) is 9.69. The van der Waals surface area contributed by atoms with E-state index in [1.807, 2.05) is 4.72 Å². The number of hydrogen-bond acceptors (Lipinski definition) is 6. The second kappa shape index (κ2) is 5.17. The van der Waals surface area contributed by atoms with Crippen LogP contribution in [-0.4, -0.2) is 34.4 Å². The number of anilines is 1. The molecule has 0 radical (unpaired) electrons. The van der Waals surface area contributed by atoms with Gasteiger partial charge in [0.15, 0.2) is 17.3 Å². The maximum atomic E-state index is 13.4. The number of nitrogens with one attached hydrogen (secondary N) is 1. The van der Waals surface area contributed by atoms with E-state index >= 15 is 0 Å². The Morgan fingerprint density at radius 1 is 1.20 bits per heavy atom. The molecule has 0 aliphatic heterocycles. The molecular weight excluding hydrogens is 291 g/mol. The molecule has 2 heterocycles. The Morgan fingerprint density at radius 2 is 1.90 bits per heavy atom. The van der Waals surface area contributed by atoms with E-state index < -0.39 is 38.3 Å². The SMILES string of the molecule is O=C(O)c1nccnc1NS(=O)(=O)c1ncccc1F. The fourth-order valence-electron chi connectivity index (χ4n) is 1.31. The van der Waals surface area contributed by atoms with Crippen LogP contribution in [-0.2, 0) is 10.0 Å². The number of hydrogen-bond donors (Lipinski definition) is 2. The minimum absolute atomic E-state index is 0.523. The van der Waals surface area contributed by atoms with Crippen LogP contribution in [0.4, 0.5) is 10.2 Å². The van der Waals surface area contributed by atoms with Crippen LogP contribution < -0.4 is 4.72 Å². The number of aromatic carboxylic acids is 1. The highest BCUT2D eigenvalue weighted by Crippen LogP contribution is 2.16. The first-order chi connectivity index (χ1) is 9.42. The normalized spacial score (nSPS) is 11.1. The van der Waals surface area contributed by atoms with E-state index in [2.05, 4.69) is 15.0 Å². The summed E-state index contributed by atoms with van der Waals surface area (Å²) in [6.45, 7) is 0. The molecule has 0 bridgehead atoms. The zero-order valence-corrected chi connectivity index (χ0v) is 10.5. The van der Waals surface area contributed by atoms with Crippen LogP contribution in [0.25, 0.3) is 0 Å². The van der Waals surface area contributed by atoms with Crippen LogP contribution >= 0.6 is 0 Å². The smallest absolute Gasteiger partial charge is 0.358 e. The Balaban J connectivity index is 2.45. The van der Waals surface area contributed by atoms with Crippen molar-refractivity contribution >= 4 is 21.8 Å². The second-order valence-electron chi connectivity index (χ2n) is 3.45. The molecule has 2 aromatic rings. The number of sulfonamides is 1. The van der Waals surface area contributed by atoms with Crippen molar-refractivity contribution in [1.29, 1.82) is 0 Å². The lowest BCUT2D eigenvalue weighted by atomic mass is 10.4. The Hall–Kier alpha value is -2.62. The van der Waals surface area contributed by atoms with Crippen molar-refractivity contribution in [2.45, 2.75) is 5.03 Å². The summed E-state index contributed by atoms with van der Waals surface area (Å²) < 4.78 is 39.1. The van der Waals surface area contributed by atoms with E-state index in [0.717, 1.165) is 24.7 Å². The summed E-state index contributed by atoms with van der Waals surface area (Å²) in [5.74, 6) is -3.07. The number of halogens is 1. The number of carboxylic acid groups (broad SMARTS) is 1. The Morgan fingerprint density at radius 3 is 2.55 bits per heavy atom. The molecule has 2 aromatic heterocycles. The van der Waals surface area contributed by atoms with Crippen LogP contribution in [0, 0.1) is 5.82 Å². The summed E-state index contributed by atoms with van der Waals surface area (Å²) in [7, 11) is -4.40. The van der Waals surface area contributed by atoms with E-state index in [4.69, 9.17) is 5.11 Å². The molecule has 0 amide bonds. The second-order valence-corrected chi connectivity index (χ2v) is 5.05. The van der Waals surface area contributed by atoms with Gasteiger partial charge in [0.2, 0.25) is 5.03 Å². The maximum absolute atomic E-state index is 13.4. The van der Waals surface area contributed by atoms with E-state index in [-0.39, 0.29) is 0 Å². The Bertz CT molecular complexity index is 765. The summed E-state index contributed by atoms with van der Waals surface area (Å²) >= 11 is 0. The van der Waals surface area contributed by atoms with Crippen molar-refractivity contribution in [3.63, 3.8) is 0 Å². The topological polar surface area (TPSA) is 122 Å². The molecule has 0 aromatic carbocycles. The molecule has 2 N–H and O–H groups in total. The molecule has 0 aliphatic rings. The maximum Gasteiger partial charge on any atom is 0.358 e. The average Bonchev–Trinajstić information content (AvgIpc) is 2.39. The molecular formula is C10H7FN4O4S. The minimum atomic E-state index is -4.40. The van der Waals surface area contributed by atoms with Crippen molar-refractivity contribution in [3.05, 3.63) is 42.2 Å². The largest absolute Gasteiger partial charge is 0.476 e. The summed E-state index contributed by atoms with van der Waals surface area (Å²) in [5, 5.41) is 8.00. The molecule has 8 nitrogen and oxygen atoms in total. The van der Waals surface area contributed by atoms with Gasteiger partial charge in [0.25, 0.3) is 10.0 Å². The van der Waals surface area contributed by atoms with Crippen molar-refractivity contribution < 1.29 is 22.7 Å². The lowest BCUT2D eigenvalue weighted by molar-refractivity contribution is 0.0691. The molecule has 0 spiro atoms. The number of nitrogens with zero attached hydrogens (tertiary/aromatic N) is 3. The summed E-state index contributed by atoms with van der Waals surface area (Å²) in [4.78, 5) is 21.3. The Labute approximate surface area is 112 Å². The van der Waals surface area contributed by atoms with Crippen molar-refractivity contribution in [2.24, 2.45) is 0 Å². The quantitative estimate of drug-likeness (QED) is 0.843. The van der Waals surface area contributed by atoms with Gasteiger partial charge in [-0.15, -0.1) is 0 Å². The molecule has 0 unspecified atom stereocenters. The third-order valence-electron chi connectivity index (χ3n) is 2.11. The highest BCUT2D eigenvalue weighted by Gasteiger charge is 2.24. The van der Waals surface area contributed by atoms with E-state index in [9.17, 15) is 17.6 Å². The van der Waals surface area contributed by atoms with Crippen LogP contribution in [0.5, 0.6) is 0 Å². The number of carbonyl (C=O) groups is 1. The molecule has 0 fully saturated rings. The minimum Gasteiger partial charge on any atom is -0.476 e.